The Morgan fingerprint density at radius 2 is 1.67 bits per heavy atom. The van der Waals surface area contributed by atoms with E-state index in [1.54, 1.807) is 0 Å². The van der Waals surface area contributed by atoms with Crippen molar-refractivity contribution in [2.45, 2.75) is 46.3 Å². The molecule has 0 amide bonds. The number of unbranched alkanes of at least 4 members (excludes halogenated alkanes) is 1. The van der Waals surface area contributed by atoms with E-state index in [1.807, 2.05) is 36.4 Å². The molecule has 0 heterocycles. The maximum atomic E-state index is 11.2. The number of carbonyl (C=O) groups excluding carboxylic acids is 2. The van der Waals surface area contributed by atoms with E-state index in [9.17, 15) is 9.59 Å². The summed E-state index contributed by atoms with van der Waals surface area (Å²) >= 11 is 0. The highest BCUT2D eigenvalue weighted by molar-refractivity contribution is 5.68. The second kappa shape index (κ2) is 8.95. The van der Waals surface area contributed by atoms with Crippen LogP contribution >= 0.6 is 0 Å². The van der Waals surface area contributed by atoms with Crippen molar-refractivity contribution in [3.63, 3.8) is 0 Å². The van der Waals surface area contributed by atoms with Crippen LogP contribution in [0.15, 0.2) is 42.0 Å². The van der Waals surface area contributed by atoms with Gasteiger partial charge in [-0.15, -0.1) is 0 Å². The molecule has 1 rings (SSSR count). The Morgan fingerprint density at radius 1 is 1.10 bits per heavy atom. The van der Waals surface area contributed by atoms with Crippen LogP contribution in [0.4, 0.5) is 0 Å². The molecule has 0 bridgehead atoms. The molecule has 0 spiro atoms. The zero-order chi connectivity index (χ0) is 15.7. The zero-order valence-electron chi connectivity index (χ0n) is 12.8. The summed E-state index contributed by atoms with van der Waals surface area (Å²) in [5.74, 6) is -0.951. The van der Waals surface area contributed by atoms with Gasteiger partial charge in [0, 0.05) is 25.8 Å². The molecule has 114 valence electrons. The Balaban J connectivity index is 2.95. The van der Waals surface area contributed by atoms with Crippen molar-refractivity contribution in [2.24, 2.45) is 0 Å². The molecule has 0 aromatic heterocycles. The maximum absolute atomic E-state index is 11.2. The molecule has 0 N–H and O–H groups in total. The number of carbonyl (C=O) groups is 2. The van der Waals surface area contributed by atoms with Gasteiger partial charge in [-0.2, -0.15) is 0 Å². The average molecular weight is 290 g/mol. The van der Waals surface area contributed by atoms with Crippen LogP contribution < -0.4 is 0 Å². The van der Waals surface area contributed by atoms with Gasteiger partial charge in [0.15, 0.2) is 0 Å². The average Bonchev–Trinajstić information content (AvgIpc) is 2.43. The fraction of sp³-hybridized carbons (Fsp3) is 0.412. The third-order valence-corrected chi connectivity index (χ3v) is 2.80. The van der Waals surface area contributed by atoms with Crippen LogP contribution in [0.25, 0.3) is 0 Å². The van der Waals surface area contributed by atoms with Gasteiger partial charge < -0.3 is 9.47 Å². The minimum atomic E-state index is -0.952. The number of ether oxygens (including phenoxy) is 2. The summed E-state index contributed by atoms with van der Waals surface area (Å²) in [6, 6.07) is 9.80. The lowest BCUT2D eigenvalue weighted by Crippen LogP contribution is -2.25. The Labute approximate surface area is 125 Å². The Kier molecular flexibility index (Phi) is 7.23. The summed E-state index contributed by atoms with van der Waals surface area (Å²) in [5, 5.41) is 0. The summed E-state index contributed by atoms with van der Waals surface area (Å²) in [7, 11) is 0. The van der Waals surface area contributed by atoms with Crippen molar-refractivity contribution in [1.82, 2.24) is 0 Å². The normalized spacial score (nSPS) is 11.3. The summed E-state index contributed by atoms with van der Waals surface area (Å²) in [6.45, 7) is 4.66. The molecule has 0 aliphatic heterocycles. The highest BCUT2D eigenvalue weighted by Gasteiger charge is 2.20. The van der Waals surface area contributed by atoms with Crippen molar-refractivity contribution in [1.29, 1.82) is 0 Å². The molecule has 1 aromatic carbocycles. The zero-order valence-corrected chi connectivity index (χ0v) is 12.8. The SMILES string of the molecule is CCCC=C(Cc1ccccc1)C(OC(C)=O)OC(C)=O. The van der Waals surface area contributed by atoms with Crippen LogP contribution in [0, 0.1) is 0 Å². The molecule has 4 nitrogen and oxygen atoms in total. The highest BCUT2D eigenvalue weighted by Crippen LogP contribution is 2.17. The summed E-state index contributed by atoms with van der Waals surface area (Å²) < 4.78 is 10.3. The number of allylic oxidation sites excluding steroid dienone is 1. The number of hydrogen-bond acceptors (Lipinski definition) is 4. The maximum Gasteiger partial charge on any atom is 0.305 e. The Hall–Kier alpha value is -2.10. The second-order valence-corrected chi connectivity index (χ2v) is 4.78. The van der Waals surface area contributed by atoms with Gasteiger partial charge >= 0.3 is 11.9 Å². The van der Waals surface area contributed by atoms with Crippen molar-refractivity contribution in [3.05, 3.63) is 47.5 Å². The van der Waals surface area contributed by atoms with Gasteiger partial charge in [0.1, 0.15) is 0 Å². The largest absolute Gasteiger partial charge is 0.421 e. The fourth-order valence-corrected chi connectivity index (χ4v) is 1.89. The summed E-state index contributed by atoms with van der Waals surface area (Å²) in [5.41, 5.74) is 1.86. The van der Waals surface area contributed by atoms with Crippen LogP contribution in [-0.4, -0.2) is 18.2 Å². The summed E-state index contributed by atoms with van der Waals surface area (Å²) in [6.07, 6.45) is 3.40. The van der Waals surface area contributed by atoms with Gasteiger partial charge in [-0.1, -0.05) is 49.8 Å². The van der Waals surface area contributed by atoms with Gasteiger partial charge in [0.2, 0.25) is 0 Å². The van der Waals surface area contributed by atoms with E-state index in [4.69, 9.17) is 9.47 Å². The number of esters is 2. The molecule has 21 heavy (non-hydrogen) atoms. The van der Waals surface area contributed by atoms with Crippen molar-refractivity contribution in [2.75, 3.05) is 0 Å². The Bertz CT molecular complexity index is 475. The molecule has 0 atom stereocenters. The van der Waals surface area contributed by atoms with Crippen LogP contribution in [-0.2, 0) is 25.5 Å². The van der Waals surface area contributed by atoms with E-state index in [0.29, 0.717) is 6.42 Å². The minimum Gasteiger partial charge on any atom is -0.421 e. The molecule has 0 saturated carbocycles. The third-order valence-electron chi connectivity index (χ3n) is 2.80. The highest BCUT2D eigenvalue weighted by atomic mass is 16.7. The van der Waals surface area contributed by atoms with Gasteiger partial charge in [-0.05, 0) is 12.0 Å². The van der Waals surface area contributed by atoms with E-state index < -0.39 is 18.2 Å². The number of hydrogen-bond donors (Lipinski definition) is 0. The van der Waals surface area contributed by atoms with E-state index in [0.717, 1.165) is 24.0 Å². The molecule has 0 radical (unpaired) electrons. The lowest BCUT2D eigenvalue weighted by atomic mass is 10.0. The lowest BCUT2D eigenvalue weighted by Gasteiger charge is -2.20. The van der Waals surface area contributed by atoms with Crippen LogP contribution in [0.1, 0.15) is 39.2 Å². The van der Waals surface area contributed by atoms with Crippen LogP contribution in [0.5, 0.6) is 0 Å². The van der Waals surface area contributed by atoms with E-state index >= 15 is 0 Å². The first-order valence-corrected chi connectivity index (χ1v) is 7.10. The molecule has 1 aromatic rings. The monoisotopic (exact) mass is 290 g/mol. The standard InChI is InChI=1S/C17H22O4/c1-4-5-11-16(12-15-9-7-6-8-10-15)17(20-13(2)18)21-14(3)19/h6-11,17H,4-5,12H2,1-3H3. The number of benzene rings is 1. The first kappa shape index (κ1) is 17.0. The predicted molar refractivity (Wildman–Crippen MR) is 80.5 cm³/mol. The first-order chi connectivity index (χ1) is 10.0. The van der Waals surface area contributed by atoms with Gasteiger partial charge in [0.25, 0.3) is 6.29 Å². The third kappa shape index (κ3) is 6.75. The molecule has 0 fully saturated rings. The molecule has 0 saturated heterocycles. The number of rotatable bonds is 7. The molecular weight excluding hydrogens is 268 g/mol. The first-order valence-electron chi connectivity index (χ1n) is 7.10. The second-order valence-electron chi connectivity index (χ2n) is 4.78. The van der Waals surface area contributed by atoms with Gasteiger partial charge in [-0.3, -0.25) is 9.59 Å². The smallest absolute Gasteiger partial charge is 0.305 e. The van der Waals surface area contributed by atoms with Crippen molar-refractivity contribution in [3.8, 4) is 0 Å². The van der Waals surface area contributed by atoms with Gasteiger partial charge in [-0.25, -0.2) is 0 Å². The predicted octanol–water partition coefficient (Wildman–Crippen LogP) is 3.41. The Morgan fingerprint density at radius 3 is 2.14 bits per heavy atom. The summed E-state index contributed by atoms with van der Waals surface area (Å²) in [4.78, 5) is 22.5. The quantitative estimate of drug-likeness (QED) is 0.439. The van der Waals surface area contributed by atoms with E-state index in [-0.39, 0.29) is 0 Å². The molecule has 0 aliphatic carbocycles. The van der Waals surface area contributed by atoms with Gasteiger partial charge in [0.05, 0.1) is 0 Å². The lowest BCUT2D eigenvalue weighted by molar-refractivity contribution is -0.178. The molecule has 4 heteroatoms. The van der Waals surface area contributed by atoms with E-state index in [2.05, 4.69) is 6.92 Å². The topological polar surface area (TPSA) is 52.6 Å². The molecular formula is C17H22O4. The van der Waals surface area contributed by atoms with Crippen molar-refractivity contribution < 1.29 is 19.1 Å². The molecule has 0 aliphatic rings. The minimum absolute atomic E-state index is 0.475. The van der Waals surface area contributed by atoms with Crippen LogP contribution in [0.2, 0.25) is 0 Å². The van der Waals surface area contributed by atoms with Crippen LogP contribution in [0.3, 0.4) is 0 Å². The van der Waals surface area contributed by atoms with E-state index in [1.165, 1.54) is 13.8 Å². The van der Waals surface area contributed by atoms with Crippen molar-refractivity contribution >= 4 is 11.9 Å². The fourth-order valence-electron chi connectivity index (χ4n) is 1.89. The molecule has 0 unspecified atom stereocenters.